The largest absolute Gasteiger partial charge is 0.383 e. The summed E-state index contributed by atoms with van der Waals surface area (Å²) in [5.41, 5.74) is 7.09. The number of halogens is 2. The lowest BCUT2D eigenvalue weighted by Crippen LogP contribution is -2.13. The first kappa shape index (κ1) is 12.5. The molecule has 1 unspecified atom stereocenters. The highest BCUT2D eigenvalue weighted by Crippen LogP contribution is 2.29. The van der Waals surface area contributed by atoms with Crippen LogP contribution >= 0.6 is 27.5 Å². The van der Waals surface area contributed by atoms with Crippen LogP contribution in [-0.4, -0.2) is 9.78 Å². The minimum atomic E-state index is 0.111. The average Bonchev–Trinajstić information content (AvgIpc) is 2.63. The van der Waals surface area contributed by atoms with Crippen molar-refractivity contribution in [3.63, 3.8) is 0 Å². The van der Waals surface area contributed by atoms with E-state index in [1.807, 2.05) is 28.9 Å². The van der Waals surface area contributed by atoms with Crippen molar-refractivity contribution in [2.75, 3.05) is 5.73 Å². The monoisotopic (exact) mass is 313 g/mol. The highest BCUT2D eigenvalue weighted by molar-refractivity contribution is 9.10. The minimum Gasteiger partial charge on any atom is -0.383 e. The Morgan fingerprint density at radius 1 is 1.53 bits per heavy atom. The molecule has 0 saturated carbocycles. The molecule has 1 aromatic heterocycles. The second kappa shape index (κ2) is 5.10. The molecule has 0 radical (unpaired) electrons. The van der Waals surface area contributed by atoms with Gasteiger partial charge in [-0.15, -0.1) is 0 Å². The number of anilines is 1. The van der Waals surface area contributed by atoms with E-state index in [9.17, 15) is 0 Å². The molecule has 2 rings (SSSR count). The molecule has 0 aliphatic rings. The summed E-state index contributed by atoms with van der Waals surface area (Å²) in [6, 6.07) is 7.90. The molecule has 0 aliphatic heterocycles. The van der Waals surface area contributed by atoms with Crippen molar-refractivity contribution >= 4 is 33.3 Å². The van der Waals surface area contributed by atoms with Crippen LogP contribution in [0.3, 0.4) is 0 Å². The number of rotatable bonds is 3. The van der Waals surface area contributed by atoms with E-state index >= 15 is 0 Å². The van der Waals surface area contributed by atoms with Crippen LogP contribution in [0.5, 0.6) is 0 Å². The summed E-state index contributed by atoms with van der Waals surface area (Å²) in [5, 5.41) is 5.02. The van der Waals surface area contributed by atoms with Gasteiger partial charge in [0, 0.05) is 5.02 Å². The number of nitrogens with two attached hydrogens (primary N) is 1. The van der Waals surface area contributed by atoms with E-state index in [-0.39, 0.29) is 6.04 Å². The Kier molecular flexibility index (Phi) is 3.74. The minimum absolute atomic E-state index is 0.111. The summed E-state index contributed by atoms with van der Waals surface area (Å²) >= 11 is 9.37. The van der Waals surface area contributed by atoms with Gasteiger partial charge in [0.15, 0.2) is 0 Å². The quantitative estimate of drug-likeness (QED) is 0.934. The Balaban J connectivity index is 2.44. The summed E-state index contributed by atoms with van der Waals surface area (Å²) in [7, 11) is 0. The van der Waals surface area contributed by atoms with Crippen LogP contribution in [0, 0.1) is 0 Å². The van der Waals surface area contributed by atoms with Gasteiger partial charge in [0.05, 0.1) is 16.7 Å². The highest BCUT2D eigenvalue weighted by atomic mass is 79.9. The maximum atomic E-state index is 6.01. The summed E-state index contributed by atoms with van der Waals surface area (Å²) in [6.45, 7) is 2.10. The molecular weight excluding hydrogens is 302 g/mol. The van der Waals surface area contributed by atoms with Crippen molar-refractivity contribution in [2.24, 2.45) is 0 Å². The van der Waals surface area contributed by atoms with Gasteiger partial charge in [-0.25, -0.2) is 4.68 Å². The normalized spacial score (nSPS) is 12.6. The molecule has 90 valence electrons. The van der Waals surface area contributed by atoms with Crippen molar-refractivity contribution < 1.29 is 0 Å². The molecule has 3 nitrogen and oxygen atoms in total. The fourth-order valence-electron chi connectivity index (χ4n) is 1.86. The van der Waals surface area contributed by atoms with Gasteiger partial charge in [-0.05, 0) is 40.0 Å². The maximum absolute atomic E-state index is 6.01. The highest BCUT2D eigenvalue weighted by Gasteiger charge is 2.16. The third-order valence-corrected chi connectivity index (χ3v) is 3.55. The molecule has 0 saturated heterocycles. The zero-order valence-corrected chi connectivity index (χ0v) is 11.7. The van der Waals surface area contributed by atoms with E-state index in [1.165, 1.54) is 0 Å². The molecule has 1 heterocycles. The lowest BCUT2D eigenvalue weighted by molar-refractivity contribution is 0.516. The summed E-state index contributed by atoms with van der Waals surface area (Å²) in [6.07, 6.45) is 2.61. The maximum Gasteiger partial charge on any atom is 0.136 e. The van der Waals surface area contributed by atoms with Crippen LogP contribution in [0.15, 0.2) is 34.9 Å². The molecule has 1 atom stereocenters. The first-order valence-corrected chi connectivity index (χ1v) is 6.54. The van der Waals surface area contributed by atoms with Crippen LogP contribution < -0.4 is 5.73 Å². The molecule has 0 fully saturated rings. The predicted molar refractivity (Wildman–Crippen MR) is 74.2 cm³/mol. The second-order valence-electron chi connectivity index (χ2n) is 3.80. The van der Waals surface area contributed by atoms with Gasteiger partial charge in [0.25, 0.3) is 0 Å². The molecule has 17 heavy (non-hydrogen) atoms. The first-order valence-electron chi connectivity index (χ1n) is 5.37. The SMILES string of the molecule is CCC(c1cccc(Cl)c1)n1ncc(Br)c1N. The fraction of sp³-hybridized carbons (Fsp3) is 0.250. The van der Waals surface area contributed by atoms with E-state index in [0.717, 1.165) is 21.5 Å². The number of benzene rings is 1. The van der Waals surface area contributed by atoms with Gasteiger partial charge in [0.2, 0.25) is 0 Å². The van der Waals surface area contributed by atoms with Crippen LogP contribution in [0.1, 0.15) is 24.9 Å². The second-order valence-corrected chi connectivity index (χ2v) is 5.09. The standard InChI is InChI=1S/C12H13BrClN3/c1-2-11(8-4-3-5-9(14)6-8)17-12(15)10(13)7-16-17/h3-7,11H,2,15H2,1H3. The van der Waals surface area contributed by atoms with Crippen LogP contribution in [0.25, 0.3) is 0 Å². The average molecular weight is 315 g/mol. The zero-order valence-electron chi connectivity index (χ0n) is 9.40. The van der Waals surface area contributed by atoms with E-state index in [2.05, 4.69) is 28.0 Å². The number of nitrogens with zero attached hydrogens (tertiary/aromatic N) is 2. The third-order valence-electron chi connectivity index (χ3n) is 2.70. The van der Waals surface area contributed by atoms with E-state index in [1.54, 1.807) is 6.20 Å². The van der Waals surface area contributed by atoms with E-state index in [4.69, 9.17) is 17.3 Å². The van der Waals surface area contributed by atoms with Gasteiger partial charge < -0.3 is 5.73 Å². The molecule has 0 amide bonds. The number of hydrogen-bond acceptors (Lipinski definition) is 2. The molecular formula is C12H13BrClN3. The lowest BCUT2D eigenvalue weighted by atomic mass is 10.1. The lowest BCUT2D eigenvalue weighted by Gasteiger charge is -2.17. The van der Waals surface area contributed by atoms with Gasteiger partial charge >= 0.3 is 0 Å². The third kappa shape index (κ3) is 2.48. The fourth-order valence-corrected chi connectivity index (χ4v) is 2.33. The first-order chi connectivity index (χ1) is 8.13. The van der Waals surface area contributed by atoms with Crippen molar-refractivity contribution in [1.82, 2.24) is 9.78 Å². The van der Waals surface area contributed by atoms with Gasteiger partial charge in [-0.3, -0.25) is 0 Å². The Morgan fingerprint density at radius 2 is 2.29 bits per heavy atom. The van der Waals surface area contributed by atoms with Gasteiger partial charge in [0.1, 0.15) is 5.82 Å². The van der Waals surface area contributed by atoms with Gasteiger partial charge in [-0.1, -0.05) is 30.7 Å². The van der Waals surface area contributed by atoms with Gasteiger partial charge in [-0.2, -0.15) is 5.10 Å². The Hall–Kier alpha value is -1.00. The zero-order chi connectivity index (χ0) is 12.4. The Morgan fingerprint density at radius 3 is 2.82 bits per heavy atom. The van der Waals surface area contributed by atoms with Crippen LogP contribution in [-0.2, 0) is 0 Å². The molecule has 1 aromatic carbocycles. The summed E-state index contributed by atoms with van der Waals surface area (Å²) in [4.78, 5) is 0. The Labute approximate surface area is 114 Å². The number of hydrogen-bond donors (Lipinski definition) is 1. The van der Waals surface area contributed by atoms with Crippen molar-refractivity contribution in [3.8, 4) is 0 Å². The smallest absolute Gasteiger partial charge is 0.136 e. The van der Waals surface area contributed by atoms with Crippen LogP contribution in [0.2, 0.25) is 5.02 Å². The van der Waals surface area contributed by atoms with E-state index < -0.39 is 0 Å². The van der Waals surface area contributed by atoms with Crippen molar-refractivity contribution in [2.45, 2.75) is 19.4 Å². The molecule has 2 aromatic rings. The molecule has 0 aliphatic carbocycles. The Bertz CT molecular complexity index is 524. The number of aromatic nitrogens is 2. The molecule has 2 N–H and O–H groups in total. The van der Waals surface area contributed by atoms with Crippen molar-refractivity contribution in [1.29, 1.82) is 0 Å². The molecule has 5 heteroatoms. The number of nitrogen functional groups attached to an aromatic ring is 1. The summed E-state index contributed by atoms with van der Waals surface area (Å²) in [5.74, 6) is 0.636. The summed E-state index contributed by atoms with van der Waals surface area (Å²) < 4.78 is 2.63. The predicted octanol–water partition coefficient (Wildman–Crippen LogP) is 3.88. The molecule has 0 spiro atoms. The van der Waals surface area contributed by atoms with E-state index in [0.29, 0.717) is 5.82 Å². The van der Waals surface area contributed by atoms with Crippen LogP contribution in [0.4, 0.5) is 5.82 Å². The van der Waals surface area contributed by atoms with Crippen molar-refractivity contribution in [3.05, 3.63) is 45.5 Å². The topological polar surface area (TPSA) is 43.8 Å². The molecule has 0 bridgehead atoms.